The third kappa shape index (κ3) is 5.91. The molecule has 3 N–H and O–H groups in total. The van der Waals surface area contributed by atoms with Crippen LogP contribution in [-0.4, -0.2) is 42.3 Å². The van der Waals surface area contributed by atoms with Crippen molar-refractivity contribution >= 4 is 18.0 Å². The third-order valence-electron chi connectivity index (χ3n) is 6.95. The van der Waals surface area contributed by atoms with Crippen LogP contribution in [0.4, 0.5) is 4.79 Å². The summed E-state index contributed by atoms with van der Waals surface area (Å²) >= 11 is 0. The van der Waals surface area contributed by atoms with E-state index in [-0.39, 0.29) is 42.7 Å². The number of amides is 2. The molecule has 0 aromatic heterocycles. The second-order valence-corrected chi connectivity index (χ2v) is 9.29. The normalized spacial score (nSPS) is 19.3. The van der Waals surface area contributed by atoms with Crippen LogP contribution in [0.1, 0.15) is 49.7 Å². The first-order chi connectivity index (χ1) is 17.0. The number of allylic oxidation sites excluding steroid dienone is 1. The maximum atomic E-state index is 12.6. The minimum Gasteiger partial charge on any atom is -0.481 e. The number of fused-ring (bicyclic) bond motifs is 3. The van der Waals surface area contributed by atoms with Crippen LogP contribution in [0.25, 0.3) is 11.1 Å². The number of ether oxygens (including phenoxy) is 1. The van der Waals surface area contributed by atoms with Gasteiger partial charge in [-0.1, -0.05) is 74.0 Å². The van der Waals surface area contributed by atoms with E-state index in [2.05, 4.69) is 34.9 Å². The Morgan fingerprint density at radius 1 is 1.06 bits per heavy atom. The van der Waals surface area contributed by atoms with Crippen LogP contribution in [0.15, 0.2) is 60.7 Å². The number of nitrogens with one attached hydrogen (secondary N) is 2. The van der Waals surface area contributed by atoms with Crippen LogP contribution in [0.2, 0.25) is 0 Å². The van der Waals surface area contributed by atoms with E-state index in [0.717, 1.165) is 11.1 Å². The van der Waals surface area contributed by atoms with Crippen molar-refractivity contribution in [2.45, 2.75) is 44.6 Å². The minimum atomic E-state index is -0.862. The summed E-state index contributed by atoms with van der Waals surface area (Å²) in [5, 5.41) is 14.7. The van der Waals surface area contributed by atoms with Crippen molar-refractivity contribution in [2.24, 2.45) is 11.8 Å². The predicted molar refractivity (Wildman–Crippen MR) is 133 cm³/mol. The van der Waals surface area contributed by atoms with Gasteiger partial charge in [0, 0.05) is 24.8 Å². The van der Waals surface area contributed by atoms with Gasteiger partial charge in [-0.25, -0.2) is 4.79 Å². The van der Waals surface area contributed by atoms with Crippen LogP contribution < -0.4 is 10.6 Å². The number of benzene rings is 2. The highest BCUT2D eigenvalue weighted by atomic mass is 16.5. The van der Waals surface area contributed by atoms with Crippen molar-refractivity contribution in [3.05, 3.63) is 71.8 Å². The highest BCUT2D eigenvalue weighted by molar-refractivity contribution is 5.80. The lowest BCUT2D eigenvalue weighted by Crippen LogP contribution is -2.42. The summed E-state index contributed by atoms with van der Waals surface area (Å²) in [5.41, 5.74) is 4.66. The Kier molecular flexibility index (Phi) is 7.85. The van der Waals surface area contributed by atoms with Crippen LogP contribution >= 0.6 is 0 Å². The molecule has 7 heteroatoms. The minimum absolute atomic E-state index is 0.00844. The number of aliphatic carboxylic acids is 1. The summed E-state index contributed by atoms with van der Waals surface area (Å²) in [7, 11) is 0. The topological polar surface area (TPSA) is 105 Å². The van der Waals surface area contributed by atoms with Gasteiger partial charge >= 0.3 is 12.1 Å². The van der Waals surface area contributed by atoms with Gasteiger partial charge in [-0.05, 0) is 41.0 Å². The zero-order valence-corrected chi connectivity index (χ0v) is 19.9. The van der Waals surface area contributed by atoms with E-state index in [0.29, 0.717) is 25.8 Å². The molecule has 7 nitrogen and oxygen atoms in total. The lowest BCUT2D eigenvalue weighted by Gasteiger charge is -2.25. The molecule has 4 rings (SSSR count). The molecule has 2 aliphatic carbocycles. The lowest BCUT2D eigenvalue weighted by atomic mass is 9.90. The van der Waals surface area contributed by atoms with Gasteiger partial charge in [-0.3, -0.25) is 9.59 Å². The molecule has 2 amide bonds. The van der Waals surface area contributed by atoms with Gasteiger partial charge in [0.05, 0.1) is 6.04 Å². The molecule has 3 unspecified atom stereocenters. The van der Waals surface area contributed by atoms with Crippen molar-refractivity contribution in [3.8, 4) is 11.1 Å². The third-order valence-corrected chi connectivity index (χ3v) is 6.95. The molecule has 0 saturated carbocycles. The SMILES string of the molecule is CCC(CNC(=O)C1CC=CC(NC(=O)OCC2c3ccccc3-c3ccccc32)C1)CC(=O)O. The molecule has 2 aromatic rings. The van der Waals surface area contributed by atoms with Crippen molar-refractivity contribution in [1.29, 1.82) is 0 Å². The van der Waals surface area contributed by atoms with Crippen molar-refractivity contribution in [1.82, 2.24) is 10.6 Å². The average molecular weight is 477 g/mol. The number of hydrogen-bond acceptors (Lipinski definition) is 4. The Morgan fingerprint density at radius 3 is 2.34 bits per heavy atom. The Balaban J connectivity index is 1.28. The second kappa shape index (κ2) is 11.2. The standard InChI is InChI=1S/C28H32N2O5/c1-2-18(14-26(31)32)16-29-27(33)19-8-7-9-20(15-19)30-28(34)35-17-25-23-12-5-3-10-21(23)22-11-4-6-13-24(22)25/h3-7,9-13,18-20,25H,2,8,14-17H2,1H3,(H,29,33)(H,30,34)(H,31,32). The van der Waals surface area contributed by atoms with Crippen molar-refractivity contribution in [2.75, 3.05) is 13.2 Å². The maximum Gasteiger partial charge on any atom is 0.407 e. The van der Waals surface area contributed by atoms with E-state index in [1.165, 1.54) is 11.1 Å². The molecule has 0 spiro atoms. The molecular formula is C28H32N2O5. The Morgan fingerprint density at radius 2 is 1.71 bits per heavy atom. The second-order valence-electron chi connectivity index (χ2n) is 9.29. The number of hydrogen-bond donors (Lipinski definition) is 3. The number of rotatable bonds is 9. The van der Waals surface area contributed by atoms with E-state index in [1.54, 1.807) is 0 Å². The van der Waals surface area contributed by atoms with Gasteiger partial charge in [0.1, 0.15) is 6.61 Å². The van der Waals surface area contributed by atoms with E-state index in [1.807, 2.05) is 43.3 Å². The summed E-state index contributed by atoms with van der Waals surface area (Å²) < 4.78 is 5.63. The molecule has 184 valence electrons. The molecule has 0 radical (unpaired) electrons. The summed E-state index contributed by atoms with van der Waals surface area (Å²) in [4.78, 5) is 36.2. The van der Waals surface area contributed by atoms with Gasteiger partial charge < -0.3 is 20.5 Å². The van der Waals surface area contributed by atoms with E-state index in [9.17, 15) is 14.4 Å². The van der Waals surface area contributed by atoms with Crippen molar-refractivity contribution in [3.63, 3.8) is 0 Å². The van der Waals surface area contributed by atoms with Gasteiger partial charge in [-0.15, -0.1) is 0 Å². The number of carbonyl (C=O) groups excluding carboxylic acids is 2. The van der Waals surface area contributed by atoms with Gasteiger partial charge in [0.25, 0.3) is 0 Å². The number of carbonyl (C=O) groups is 3. The lowest BCUT2D eigenvalue weighted by molar-refractivity contribution is -0.138. The monoisotopic (exact) mass is 476 g/mol. The predicted octanol–water partition coefficient (Wildman–Crippen LogP) is 4.48. The fourth-order valence-electron chi connectivity index (χ4n) is 5.00. The quantitative estimate of drug-likeness (QED) is 0.463. The van der Waals surface area contributed by atoms with Gasteiger partial charge in [0.2, 0.25) is 5.91 Å². The molecule has 2 aromatic carbocycles. The average Bonchev–Trinajstić information content (AvgIpc) is 3.18. The Bertz CT molecular complexity index is 1070. The Labute approximate surface area is 205 Å². The molecule has 2 aliphatic rings. The van der Waals surface area contributed by atoms with Crippen LogP contribution in [0, 0.1) is 11.8 Å². The smallest absolute Gasteiger partial charge is 0.407 e. The first kappa shape index (κ1) is 24.5. The fraction of sp³-hybridized carbons (Fsp3) is 0.393. The molecule has 0 aliphatic heterocycles. The van der Waals surface area contributed by atoms with E-state index >= 15 is 0 Å². The Hall–Kier alpha value is -3.61. The highest BCUT2D eigenvalue weighted by Gasteiger charge is 2.30. The summed E-state index contributed by atoms with van der Waals surface area (Å²) in [6.07, 6.45) is 5.07. The van der Waals surface area contributed by atoms with Crippen LogP contribution in [0.3, 0.4) is 0 Å². The number of alkyl carbamates (subject to hydrolysis) is 1. The summed E-state index contributed by atoms with van der Waals surface area (Å²) in [6, 6.07) is 16.1. The first-order valence-corrected chi connectivity index (χ1v) is 12.2. The fourth-order valence-corrected chi connectivity index (χ4v) is 5.00. The number of carboxylic acid groups (broad SMARTS) is 1. The summed E-state index contributed by atoms with van der Waals surface area (Å²) in [5.74, 6) is -1.35. The zero-order valence-electron chi connectivity index (χ0n) is 19.9. The highest BCUT2D eigenvalue weighted by Crippen LogP contribution is 2.44. The number of carboxylic acids is 1. The van der Waals surface area contributed by atoms with Crippen LogP contribution in [0.5, 0.6) is 0 Å². The largest absolute Gasteiger partial charge is 0.481 e. The molecule has 0 saturated heterocycles. The summed E-state index contributed by atoms with van der Waals surface area (Å²) in [6.45, 7) is 2.49. The van der Waals surface area contributed by atoms with Gasteiger partial charge in [0.15, 0.2) is 0 Å². The van der Waals surface area contributed by atoms with Crippen LogP contribution in [-0.2, 0) is 14.3 Å². The molecule has 35 heavy (non-hydrogen) atoms. The molecule has 0 fully saturated rings. The molecule has 0 bridgehead atoms. The van der Waals surface area contributed by atoms with Crippen molar-refractivity contribution < 1.29 is 24.2 Å². The van der Waals surface area contributed by atoms with E-state index in [4.69, 9.17) is 9.84 Å². The van der Waals surface area contributed by atoms with Gasteiger partial charge in [-0.2, -0.15) is 0 Å². The maximum absolute atomic E-state index is 12.6. The molecular weight excluding hydrogens is 444 g/mol. The molecule has 3 atom stereocenters. The zero-order chi connectivity index (χ0) is 24.8. The first-order valence-electron chi connectivity index (χ1n) is 12.2. The molecule has 0 heterocycles. The van der Waals surface area contributed by atoms with E-state index < -0.39 is 12.1 Å².